The smallest absolute Gasteiger partial charge is 0.325 e. The summed E-state index contributed by atoms with van der Waals surface area (Å²) in [7, 11) is 0.310. The lowest BCUT2D eigenvalue weighted by atomic mass is 9.84. The number of fused-ring (bicyclic) bond motifs is 6. The number of amides is 3. The van der Waals surface area contributed by atoms with Crippen LogP contribution in [0.3, 0.4) is 0 Å². The molecule has 3 saturated heterocycles. The highest BCUT2D eigenvalue weighted by Gasteiger charge is 2.53. The highest BCUT2D eigenvalue weighted by Crippen LogP contribution is 2.42. The van der Waals surface area contributed by atoms with E-state index in [1.54, 1.807) is 39.3 Å². The molecule has 4 aliphatic heterocycles. The Balaban J connectivity index is 1.14. The van der Waals surface area contributed by atoms with Crippen molar-refractivity contribution in [3.63, 3.8) is 0 Å². The highest BCUT2D eigenvalue weighted by molar-refractivity contribution is 7.87. The van der Waals surface area contributed by atoms with Gasteiger partial charge in [-0.25, -0.2) is 5.43 Å². The molecule has 20 heteroatoms. The van der Waals surface area contributed by atoms with E-state index in [2.05, 4.69) is 53.2 Å². The first-order valence-corrected chi connectivity index (χ1v) is 25.7. The molecular formula is C51H66N8O11S. The number of nitrogens with one attached hydrogen (secondary N) is 2. The molecule has 3 fully saturated rings. The lowest BCUT2D eigenvalue weighted by Gasteiger charge is -2.37. The first-order chi connectivity index (χ1) is 33.8. The molecule has 382 valence electrons. The topological polar surface area (TPSA) is 222 Å². The number of hydrazine groups is 1. The molecule has 2 aromatic carbocycles. The fourth-order valence-corrected chi connectivity index (χ4v) is 12.3. The van der Waals surface area contributed by atoms with Gasteiger partial charge in [-0.2, -0.15) is 17.0 Å². The number of phenolic OH excluding ortho intramolecular Hbond substituents is 1. The van der Waals surface area contributed by atoms with Crippen LogP contribution in [0.5, 0.6) is 5.75 Å². The number of nitrogens with zero attached hydrogens (tertiary/aromatic N) is 6. The third-order valence-corrected chi connectivity index (χ3v) is 16.1. The Kier molecular flexibility index (Phi) is 15.0. The van der Waals surface area contributed by atoms with Crippen LogP contribution in [0.4, 0.5) is 0 Å². The maximum absolute atomic E-state index is 14.8. The van der Waals surface area contributed by atoms with Crippen LogP contribution in [0.15, 0.2) is 54.9 Å². The van der Waals surface area contributed by atoms with Crippen LogP contribution in [0.25, 0.3) is 33.3 Å². The molecule has 8 rings (SSSR count). The summed E-state index contributed by atoms with van der Waals surface area (Å²) in [5.41, 5.74) is 9.45. The summed E-state index contributed by atoms with van der Waals surface area (Å²) in [6.07, 6.45) is 5.14. The van der Waals surface area contributed by atoms with Gasteiger partial charge in [-0.05, 0) is 96.7 Å². The Bertz CT molecular complexity index is 2830. The van der Waals surface area contributed by atoms with Gasteiger partial charge >= 0.3 is 11.9 Å². The normalized spacial score (nSPS) is 23.2. The highest BCUT2D eigenvalue weighted by atomic mass is 32.2. The lowest BCUT2D eigenvalue weighted by Crippen LogP contribution is -2.62. The van der Waals surface area contributed by atoms with Crippen molar-refractivity contribution in [1.29, 1.82) is 0 Å². The molecule has 4 aromatic rings. The van der Waals surface area contributed by atoms with Crippen LogP contribution in [-0.2, 0) is 74.4 Å². The molecule has 19 nitrogen and oxygen atoms in total. The summed E-state index contributed by atoms with van der Waals surface area (Å²) in [4.78, 5) is 75.4. The summed E-state index contributed by atoms with van der Waals surface area (Å²) < 4.78 is 47.6. The lowest BCUT2D eigenvalue weighted by molar-refractivity contribution is -0.155. The number of aromatic hydroxyl groups is 1. The second-order valence-electron chi connectivity index (χ2n) is 20.3. The predicted molar refractivity (Wildman–Crippen MR) is 263 cm³/mol. The number of ether oxygens (including phenoxy) is 3. The number of hydrogen-bond donors (Lipinski definition) is 3. The Morgan fingerprint density at radius 2 is 1.82 bits per heavy atom. The third-order valence-electron chi connectivity index (χ3n) is 14.1. The Labute approximate surface area is 414 Å². The van der Waals surface area contributed by atoms with E-state index < -0.39 is 81.3 Å². The summed E-state index contributed by atoms with van der Waals surface area (Å²) in [5, 5.41) is 16.6. The fourth-order valence-electron chi connectivity index (χ4n) is 10.5. The number of carbonyl (C=O) groups is 5. The molecule has 0 aliphatic carbocycles. The van der Waals surface area contributed by atoms with Crippen LogP contribution in [0.1, 0.15) is 70.6 Å². The number of pyridine rings is 1. The molecule has 6 atom stereocenters. The molecule has 3 amide bonds. The number of benzene rings is 2. The van der Waals surface area contributed by atoms with Gasteiger partial charge in [0, 0.05) is 87.6 Å². The average Bonchev–Trinajstić information content (AvgIpc) is 3.91. The van der Waals surface area contributed by atoms with Gasteiger partial charge in [-0.15, -0.1) is 0 Å². The Morgan fingerprint density at radius 1 is 1.04 bits per heavy atom. The Hall–Kier alpha value is -5.93. The molecule has 3 N–H and O–H groups in total. The van der Waals surface area contributed by atoms with E-state index in [0.29, 0.717) is 43.5 Å². The van der Waals surface area contributed by atoms with Gasteiger partial charge in [0.15, 0.2) is 0 Å². The molecule has 6 bridgehead atoms. The number of likely N-dealkylation sites (N-methyl/N-ethyl adjacent to an activating group) is 1. The first kappa shape index (κ1) is 51.4. The molecular weight excluding hydrogens is 933 g/mol. The van der Waals surface area contributed by atoms with Crippen LogP contribution in [0, 0.1) is 17.3 Å². The molecule has 2 aromatic heterocycles. The van der Waals surface area contributed by atoms with Crippen molar-refractivity contribution in [2.75, 3.05) is 54.1 Å². The van der Waals surface area contributed by atoms with Crippen molar-refractivity contribution >= 4 is 50.8 Å². The average molecular weight is 999 g/mol. The van der Waals surface area contributed by atoms with Crippen molar-refractivity contribution in [1.82, 2.24) is 38.8 Å². The number of esters is 2. The number of carbonyl (C=O) groups excluding carboxylic acids is 5. The maximum Gasteiger partial charge on any atom is 0.325 e. The minimum atomic E-state index is -4.03. The minimum absolute atomic E-state index is 0.00527. The van der Waals surface area contributed by atoms with E-state index >= 15 is 0 Å². The van der Waals surface area contributed by atoms with Crippen LogP contribution >= 0.6 is 0 Å². The number of aryl methyl sites for hydroxylation is 1. The van der Waals surface area contributed by atoms with Gasteiger partial charge in [-0.1, -0.05) is 39.8 Å². The van der Waals surface area contributed by atoms with Crippen molar-refractivity contribution in [2.24, 2.45) is 17.3 Å². The zero-order valence-corrected chi connectivity index (χ0v) is 42.6. The van der Waals surface area contributed by atoms with Gasteiger partial charge in [0.2, 0.25) is 11.8 Å². The molecule has 0 radical (unpaired) electrons. The second-order valence-corrected chi connectivity index (χ2v) is 22.2. The molecule has 6 heterocycles. The number of cyclic esters (lactones) is 1. The van der Waals surface area contributed by atoms with E-state index in [-0.39, 0.29) is 51.4 Å². The van der Waals surface area contributed by atoms with E-state index in [1.807, 2.05) is 24.4 Å². The summed E-state index contributed by atoms with van der Waals surface area (Å²) in [6, 6.07) is 9.14. The van der Waals surface area contributed by atoms with E-state index in [0.717, 1.165) is 43.2 Å². The zero-order valence-electron chi connectivity index (χ0n) is 41.8. The number of rotatable bonds is 12. The van der Waals surface area contributed by atoms with Gasteiger partial charge in [0.1, 0.15) is 29.9 Å². The van der Waals surface area contributed by atoms with Crippen LogP contribution in [-0.4, -0.2) is 149 Å². The molecule has 4 aliphatic rings. The summed E-state index contributed by atoms with van der Waals surface area (Å²) >= 11 is 0. The molecule has 0 saturated carbocycles. The van der Waals surface area contributed by atoms with Gasteiger partial charge in [-0.3, -0.25) is 34.0 Å². The number of methoxy groups -OCH3 is 2. The van der Waals surface area contributed by atoms with E-state index in [9.17, 15) is 37.5 Å². The van der Waals surface area contributed by atoms with E-state index in [1.165, 1.54) is 28.4 Å². The number of aromatic nitrogens is 2. The van der Waals surface area contributed by atoms with Gasteiger partial charge < -0.3 is 34.1 Å². The summed E-state index contributed by atoms with van der Waals surface area (Å²) in [6.45, 7) is 11.0. The van der Waals surface area contributed by atoms with E-state index in [4.69, 9.17) is 14.2 Å². The van der Waals surface area contributed by atoms with Crippen molar-refractivity contribution < 1.29 is 51.7 Å². The van der Waals surface area contributed by atoms with Crippen LogP contribution < -0.4 is 10.7 Å². The quantitative estimate of drug-likeness (QED) is 0.136. The Morgan fingerprint density at radius 3 is 2.54 bits per heavy atom. The fraction of sp³-hybridized carbons (Fsp3) is 0.529. The van der Waals surface area contributed by atoms with Gasteiger partial charge in [0.25, 0.3) is 16.1 Å². The number of hydrogen-bond acceptors (Lipinski definition) is 13. The molecule has 0 spiro atoms. The predicted octanol–water partition coefficient (Wildman–Crippen LogP) is 3.80. The van der Waals surface area contributed by atoms with Crippen molar-refractivity contribution in [3.8, 4) is 28.1 Å². The first-order valence-electron chi connectivity index (χ1n) is 24.3. The zero-order chi connectivity index (χ0) is 51.1. The molecule has 2 unspecified atom stereocenters. The van der Waals surface area contributed by atoms with Crippen LogP contribution in [0.2, 0.25) is 0 Å². The number of phenols is 1. The largest absolute Gasteiger partial charge is 0.508 e. The third kappa shape index (κ3) is 10.5. The molecule has 71 heavy (non-hydrogen) atoms. The standard InChI is InChI=1S/C51H66N8O11S/c1-9-57-42-13-12-32-23-37(42)38(45(57)39-25-52-16-14-34(39)28-68-7)24-51(4,5)29-70-49(64)40-11-10-17-58(54-40)48(63)41(21-31-19-35(32)22-36(60)20-31)53-46(61)44(30(2)3)55(6)47(62)33-15-18-56(26-33)71(66,67)59-27-43(59)50(65)69-8/h12-14,16,19-20,22-23,25,30,33,40-41,43-44,54,60H,9-11,15,17-18,21,24,26-29H2,1-8H3,(H,53,61)/t33-,40-,41-,43+,44?,59?/m0/s1. The monoisotopic (exact) mass is 998 g/mol. The maximum atomic E-state index is 14.8. The van der Waals surface area contributed by atoms with Gasteiger partial charge in [0.05, 0.1) is 31.9 Å². The summed E-state index contributed by atoms with van der Waals surface area (Å²) in [5.74, 6) is -4.02. The second kappa shape index (κ2) is 20.7. The SMILES string of the molecule is CCn1c(-c2cnccc2COC)c2c3cc(ccc31)-c1cc(O)cc(c1)C[C@H](NC(=O)C(C(C)C)N(C)C(=O)[C@H]1CCN(S(=O)(=O)N3C[C@@H]3C(=O)OC)C1)C(=O)N1CCC[C@H](N1)C(=O)OCC(C)(C)C2. The van der Waals surface area contributed by atoms with Crippen molar-refractivity contribution in [3.05, 3.63) is 71.5 Å². The van der Waals surface area contributed by atoms with Crippen molar-refractivity contribution in [2.45, 2.75) is 104 Å². The minimum Gasteiger partial charge on any atom is -0.508 e.